The summed E-state index contributed by atoms with van der Waals surface area (Å²) in [7, 11) is 1.61. The number of pyridine rings is 1. The number of para-hydroxylation sites is 3. The molecular weight excluding hydrogens is 352 g/mol. The summed E-state index contributed by atoms with van der Waals surface area (Å²) in [5, 5.41) is 3.35. The smallest absolute Gasteiger partial charge is 0.261 e. The third kappa shape index (κ3) is 3.14. The highest BCUT2D eigenvalue weighted by Crippen LogP contribution is 2.34. The molecular formula is C23H18N2O3. The lowest BCUT2D eigenvalue weighted by Gasteiger charge is -2.14. The molecule has 0 radical (unpaired) electrons. The van der Waals surface area contributed by atoms with Crippen molar-refractivity contribution in [2.45, 2.75) is 0 Å². The highest BCUT2D eigenvalue weighted by molar-refractivity contribution is 6.07. The van der Waals surface area contributed by atoms with Gasteiger partial charge in [0, 0.05) is 33.9 Å². The fraction of sp³-hybridized carbons (Fsp3) is 0.0435. The van der Waals surface area contributed by atoms with Crippen molar-refractivity contribution in [3.8, 4) is 16.9 Å². The zero-order valence-corrected chi connectivity index (χ0v) is 15.2. The van der Waals surface area contributed by atoms with E-state index in [9.17, 15) is 9.59 Å². The average Bonchev–Trinajstić information content (AvgIpc) is 2.74. The molecule has 0 bridgehead atoms. The van der Waals surface area contributed by atoms with Crippen molar-refractivity contribution in [3.05, 3.63) is 94.8 Å². The van der Waals surface area contributed by atoms with E-state index in [2.05, 4.69) is 10.3 Å². The third-order valence-corrected chi connectivity index (χ3v) is 4.61. The third-order valence-electron chi connectivity index (χ3n) is 4.61. The Labute approximate surface area is 161 Å². The molecule has 4 aromatic rings. The maximum atomic E-state index is 12.9. The molecule has 5 nitrogen and oxygen atoms in total. The highest BCUT2D eigenvalue weighted by Gasteiger charge is 2.16. The Hall–Kier alpha value is -3.86. The van der Waals surface area contributed by atoms with Crippen LogP contribution < -0.4 is 15.5 Å². The Kier molecular flexibility index (Phi) is 4.64. The number of benzene rings is 3. The monoisotopic (exact) mass is 370 g/mol. The first kappa shape index (κ1) is 17.5. The number of hydrogen-bond donors (Lipinski definition) is 2. The van der Waals surface area contributed by atoms with Crippen LogP contribution in [0, 0.1) is 0 Å². The van der Waals surface area contributed by atoms with Crippen LogP contribution in [0.4, 0.5) is 5.69 Å². The van der Waals surface area contributed by atoms with Gasteiger partial charge in [0.1, 0.15) is 11.3 Å². The summed E-state index contributed by atoms with van der Waals surface area (Å²) in [6.45, 7) is 0. The van der Waals surface area contributed by atoms with Crippen molar-refractivity contribution >= 4 is 22.5 Å². The largest absolute Gasteiger partial charge is 0.496 e. The second-order valence-corrected chi connectivity index (χ2v) is 6.28. The van der Waals surface area contributed by atoms with Gasteiger partial charge in [0.25, 0.3) is 5.91 Å². The van der Waals surface area contributed by atoms with Gasteiger partial charge < -0.3 is 15.0 Å². The molecule has 5 heteroatoms. The van der Waals surface area contributed by atoms with Gasteiger partial charge in [0.05, 0.1) is 7.11 Å². The Balaban J connectivity index is 1.74. The Bertz CT molecular complexity index is 1230. The normalized spacial score (nSPS) is 10.6. The first-order valence-corrected chi connectivity index (χ1v) is 8.83. The fourth-order valence-electron chi connectivity index (χ4n) is 3.22. The number of rotatable bonds is 4. The van der Waals surface area contributed by atoms with E-state index in [0.717, 1.165) is 11.1 Å². The van der Waals surface area contributed by atoms with Crippen LogP contribution in [0.2, 0.25) is 0 Å². The van der Waals surface area contributed by atoms with Gasteiger partial charge in [-0.1, -0.05) is 48.5 Å². The standard InChI is InChI=1S/C23H18N2O3/c1-28-21-13-7-4-9-16(21)15-8-2-6-12-20(15)25-23(27)18-14-24-19-11-5-3-10-17(19)22(18)26/h2-14H,1H3,(H,24,26)(H,25,27). The van der Waals surface area contributed by atoms with E-state index in [4.69, 9.17) is 4.74 Å². The number of ether oxygens (including phenoxy) is 1. The number of nitrogens with one attached hydrogen (secondary N) is 2. The topological polar surface area (TPSA) is 71.2 Å². The van der Waals surface area contributed by atoms with Crippen molar-refractivity contribution in [1.82, 2.24) is 4.98 Å². The summed E-state index contributed by atoms with van der Waals surface area (Å²) in [5.74, 6) is 0.238. The molecule has 0 aliphatic carbocycles. The number of aromatic amines is 1. The first-order valence-electron chi connectivity index (χ1n) is 8.83. The van der Waals surface area contributed by atoms with E-state index in [1.807, 2.05) is 48.5 Å². The number of amides is 1. The number of hydrogen-bond acceptors (Lipinski definition) is 3. The van der Waals surface area contributed by atoms with Crippen molar-refractivity contribution < 1.29 is 9.53 Å². The summed E-state index contributed by atoms with van der Waals surface area (Å²) in [5.41, 5.74) is 2.72. The van der Waals surface area contributed by atoms with Crippen LogP contribution in [0.3, 0.4) is 0 Å². The summed E-state index contributed by atoms with van der Waals surface area (Å²) in [6, 6.07) is 22.1. The van der Waals surface area contributed by atoms with Crippen molar-refractivity contribution in [2.24, 2.45) is 0 Å². The molecule has 0 fully saturated rings. The predicted molar refractivity (Wildman–Crippen MR) is 111 cm³/mol. The van der Waals surface area contributed by atoms with Crippen molar-refractivity contribution in [1.29, 1.82) is 0 Å². The number of methoxy groups -OCH3 is 1. The maximum Gasteiger partial charge on any atom is 0.261 e. The van der Waals surface area contributed by atoms with Gasteiger partial charge >= 0.3 is 0 Å². The second-order valence-electron chi connectivity index (χ2n) is 6.28. The summed E-state index contributed by atoms with van der Waals surface area (Å²) in [6.07, 6.45) is 1.45. The van der Waals surface area contributed by atoms with Crippen molar-refractivity contribution in [2.75, 3.05) is 12.4 Å². The van der Waals surface area contributed by atoms with Crippen LogP contribution in [0.5, 0.6) is 5.75 Å². The molecule has 0 aliphatic rings. The zero-order chi connectivity index (χ0) is 19.5. The average molecular weight is 370 g/mol. The molecule has 0 saturated carbocycles. The Morgan fingerprint density at radius 3 is 2.39 bits per heavy atom. The van der Waals surface area contributed by atoms with Crippen LogP contribution >= 0.6 is 0 Å². The van der Waals surface area contributed by atoms with Crippen LogP contribution in [0.15, 0.2) is 83.8 Å². The molecule has 1 amide bonds. The molecule has 0 atom stereocenters. The second kappa shape index (κ2) is 7.40. The van der Waals surface area contributed by atoms with Crippen LogP contribution in [-0.2, 0) is 0 Å². The van der Waals surface area contributed by atoms with Crippen molar-refractivity contribution in [3.63, 3.8) is 0 Å². The lowest BCUT2D eigenvalue weighted by molar-refractivity contribution is 0.102. The number of H-pyrrole nitrogens is 1. The van der Waals surface area contributed by atoms with E-state index >= 15 is 0 Å². The zero-order valence-electron chi connectivity index (χ0n) is 15.2. The van der Waals surface area contributed by atoms with Gasteiger partial charge in [0.15, 0.2) is 0 Å². The maximum absolute atomic E-state index is 12.9. The predicted octanol–water partition coefficient (Wildman–Crippen LogP) is 4.46. The molecule has 2 N–H and O–H groups in total. The van der Waals surface area contributed by atoms with Gasteiger partial charge in [-0.2, -0.15) is 0 Å². The van der Waals surface area contributed by atoms with E-state index in [1.54, 1.807) is 31.4 Å². The number of carbonyl (C=O) groups excluding carboxylic acids is 1. The number of fused-ring (bicyclic) bond motifs is 1. The van der Waals surface area contributed by atoms with E-state index in [1.165, 1.54) is 6.20 Å². The lowest BCUT2D eigenvalue weighted by Crippen LogP contribution is -2.22. The molecule has 4 rings (SSSR count). The summed E-state index contributed by atoms with van der Waals surface area (Å²) >= 11 is 0. The fourth-order valence-corrected chi connectivity index (χ4v) is 3.22. The Morgan fingerprint density at radius 1 is 0.893 bits per heavy atom. The minimum atomic E-state index is -0.464. The highest BCUT2D eigenvalue weighted by atomic mass is 16.5. The molecule has 138 valence electrons. The van der Waals surface area contributed by atoms with Gasteiger partial charge in [-0.15, -0.1) is 0 Å². The summed E-state index contributed by atoms with van der Waals surface area (Å²) < 4.78 is 5.44. The Morgan fingerprint density at radius 2 is 1.57 bits per heavy atom. The van der Waals surface area contributed by atoms with Gasteiger partial charge in [-0.25, -0.2) is 0 Å². The molecule has 3 aromatic carbocycles. The molecule has 1 heterocycles. The van der Waals surface area contributed by atoms with Gasteiger partial charge in [-0.05, 0) is 24.3 Å². The van der Waals surface area contributed by atoms with E-state index in [-0.39, 0.29) is 11.0 Å². The molecule has 0 saturated heterocycles. The summed E-state index contributed by atoms with van der Waals surface area (Å²) in [4.78, 5) is 28.6. The molecule has 1 aromatic heterocycles. The molecule has 0 aliphatic heterocycles. The number of anilines is 1. The first-order chi connectivity index (χ1) is 13.7. The number of carbonyl (C=O) groups is 1. The van der Waals surface area contributed by atoms with E-state index < -0.39 is 5.91 Å². The quantitative estimate of drug-likeness (QED) is 0.557. The van der Waals surface area contributed by atoms with E-state index in [0.29, 0.717) is 22.3 Å². The lowest BCUT2D eigenvalue weighted by atomic mass is 10.0. The minimum Gasteiger partial charge on any atom is -0.496 e. The SMILES string of the molecule is COc1ccccc1-c1ccccc1NC(=O)c1c[nH]c2ccccc2c1=O. The minimum absolute atomic E-state index is 0.0635. The number of aromatic nitrogens is 1. The van der Waals surface area contributed by atoms with Crippen LogP contribution in [0.1, 0.15) is 10.4 Å². The molecule has 28 heavy (non-hydrogen) atoms. The van der Waals surface area contributed by atoms with Gasteiger partial charge in [0.2, 0.25) is 5.43 Å². The van der Waals surface area contributed by atoms with Crippen LogP contribution in [-0.4, -0.2) is 18.0 Å². The molecule has 0 spiro atoms. The van der Waals surface area contributed by atoms with Gasteiger partial charge in [-0.3, -0.25) is 9.59 Å². The molecule has 0 unspecified atom stereocenters. The van der Waals surface area contributed by atoms with Crippen LogP contribution in [0.25, 0.3) is 22.0 Å².